The van der Waals surface area contributed by atoms with Crippen LogP contribution in [0, 0.1) is 0 Å². The number of carbonyl (C=O) groups is 1. The van der Waals surface area contributed by atoms with Crippen LogP contribution in [0.4, 0.5) is 4.39 Å². The number of hydrogen-bond acceptors (Lipinski definition) is 5. The molecule has 1 aromatic rings. The molecule has 0 saturated heterocycles. The van der Waals surface area contributed by atoms with Gasteiger partial charge in [0, 0.05) is 0 Å². The predicted octanol–water partition coefficient (Wildman–Crippen LogP) is 6.21. The topological polar surface area (TPSA) is 89.9 Å². The third-order valence-corrected chi connectivity index (χ3v) is 6.28. The van der Waals surface area contributed by atoms with Gasteiger partial charge in [0.2, 0.25) is 0 Å². The number of carbonyl (C=O) groups excluding carboxylic acids is 1. The molecule has 0 amide bonds. The van der Waals surface area contributed by atoms with Crippen LogP contribution >= 0.6 is 0 Å². The van der Waals surface area contributed by atoms with Crippen LogP contribution in [0.15, 0.2) is 24.3 Å². The maximum Gasteiger partial charge on any atom is 0.359 e. The van der Waals surface area contributed by atoms with Gasteiger partial charge in [-0.2, -0.15) is 8.42 Å². The zero-order valence-electron chi connectivity index (χ0n) is 19.4. The Morgan fingerprint density at radius 1 is 0.906 bits per heavy atom. The van der Waals surface area contributed by atoms with Gasteiger partial charge in [-0.05, 0) is 42.9 Å². The molecule has 0 spiro atoms. The first-order chi connectivity index (χ1) is 15.3. The maximum atomic E-state index is 13.0. The fraction of sp³-hybridized carbons (Fsp3) is 0.708. The summed E-state index contributed by atoms with van der Waals surface area (Å²) in [5.41, 5.74) is -1.66. The Bertz CT molecular complexity index is 735. The second kappa shape index (κ2) is 16.0. The zero-order valence-corrected chi connectivity index (χ0v) is 20.2. The SMILES string of the molecule is CCC(C)c1ccc(OCCCCCCCCCCCCOC(=O)C(F)S(=O)(=O)O)cc1. The Morgan fingerprint density at radius 3 is 1.84 bits per heavy atom. The van der Waals surface area contributed by atoms with Crippen LogP contribution in [0.25, 0.3) is 0 Å². The first-order valence-electron chi connectivity index (χ1n) is 11.8. The van der Waals surface area contributed by atoms with E-state index in [9.17, 15) is 17.6 Å². The van der Waals surface area contributed by atoms with Crippen LogP contribution in [0.1, 0.15) is 96.0 Å². The summed E-state index contributed by atoms with van der Waals surface area (Å²) in [6.45, 7) is 5.14. The van der Waals surface area contributed by atoms with Crippen LogP contribution in [0.2, 0.25) is 0 Å². The standard InChI is InChI=1S/C24H39FO6S/c1-3-20(2)21-14-16-22(17-15-21)30-18-12-10-8-6-4-5-7-9-11-13-19-31-24(26)23(25)32(27,28)29/h14-17,20,23H,3-13,18-19H2,1-2H3,(H,27,28,29). The van der Waals surface area contributed by atoms with Gasteiger partial charge >= 0.3 is 21.6 Å². The van der Waals surface area contributed by atoms with Crippen molar-refractivity contribution in [3.05, 3.63) is 29.8 Å². The summed E-state index contributed by atoms with van der Waals surface area (Å²) in [5.74, 6) is -0.0352. The molecule has 0 aliphatic carbocycles. The van der Waals surface area contributed by atoms with Crippen molar-refractivity contribution >= 4 is 16.1 Å². The largest absolute Gasteiger partial charge is 0.494 e. The lowest BCUT2D eigenvalue weighted by molar-refractivity contribution is -0.146. The van der Waals surface area contributed by atoms with Gasteiger partial charge in [-0.1, -0.05) is 77.3 Å². The molecule has 0 heterocycles. The summed E-state index contributed by atoms with van der Waals surface area (Å²) in [6.07, 6.45) is 11.5. The number of benzene rings is 1. The molecular weight excluding hydrogens is 435 g/mol. The molecular formula is C24H39FO6S. The van der Waals surface area contributed by atoms with Gasteiger partial charge in [0.15, 0.2) is 0 Å². The monoisotopic (exact) mass is 474 g/mol. The summed E-state index contributed by atoms with van der Waals surface area (Å²) in [6, 6.07) is 8.42. The minimum absolute atomic E-state index is 0.0428. The molecule has 0 radical (unpaired) electrons. The molecule has 0 saturated carbocycles. The average molecular weight is 475 g/mol. The highest BCUT2D eigenvalue weighted by atomic mass is 32.2. The molecule has 0 fully saturated rings. The molecule has 1 rings (SSSR count). The number of ether oxygens (including phenoxy) is 2. The molecule has 1 N–H and O–H groups in total. The summed E-state index contributed by atoms with van der Waals surface area (Å²) >= 11 is 0. The Morgan fingerprint density at radius 2 is 1.38 bits per heavy atom. The van der Waals surface area contributed by atoms with Crippen LogP contribution in [-0.2, 0) is 19.6 Å². The molecule has 0 bridgehead atoms. The fourth-order valence-electron chi connectivity index (χ4n) is 3.30. The smallest absolute Gasteiger partial charge is 0.359 e. The maximum absolute atomic E-state index is 13.0. The van der Waals surface area contributed by atoms with E-state index in [0.717, 1.165) is 57.3 Å². The molecule has 184 valence electrons. The molecule has 2 atom stereocenters. The molecule has 0 aromatic heterocycles. The number of alkyl halides is 1. The Balaban J connectivity index is 1.90. The second-order valence-corrected chi connectivity index (χ2v) is 9.70. The number of halogens is 1. The van der Waals surface area contributed by atoms with Crippen LogP contribution in [0.3, 0.4) is 0 Å². The van der Waals surface area contributed by atoms with Gasteiger partial charge in [0.25, 0.3) is 0 Å². The summed E-state index contributed by atoms with van der Waals surface area (Å²) in [7, 11) is -5.04. The van der Waals surface area contributed by atoms with Gasteiger partial charge in [-0.25, -0.2) is 9.18 Å². The lowest BCUT2D eigenvalue weighted by Crippen LogP contribution is -2.27. The van der Waals surface area contributed by atoms with E-state index in [4.69, 9.17) is 9.29 Å². The lowest BCUT2D eigenvalue weighted by atomic mass is 9.99. The van der Waals surface area contributed by atoms with Crippen molar-refractivity contribution in [3.8, 4) is 5.75 Å². The highest BCUT2D eigenvalue weighted by molar-refractivity contribution is 7.87. The fourth-order valence-corrected chi connectivity index (χ4v) is 3.61. The zero-order chi connectivity index (χ0) is 23.8. The van der Waals surface area contributed by atoms with Crippen molar-refractivity contribution in [1.29, 1.82) is 0 Å². The predicted molar refractivity (Wildman–Crippen MR) is 124 cm³/mol. The van der Waals surface area contributed by atoms with Gasteiger partial charge in [-0.3, -0.25) is 4.55 Å². The first kappa shape index (κ1) is 28.4. The summed E-state index contributed by atoms with van der Waals surface area (Å²) in [4.78, 5) is 11.1. The normalized spacial score (nSPS) is 13.5. The van der Waals surface area contributed by atoms with Crippen molar-refractivity contribution in [2.24, 2.45) is 0 Å². The van der Waals surface area contributed by atoms with Crippen LogP contribution < -0.4 is 4.74 Å². The quantitative estimate of drug-likeness (QED) is 0.155. The molecule has 6 nitrogen and oxygen atoms in total. The third-order valence-electron chi connectivity index (χ3n) is 5.56. The molecule has 32 heavy (non-hydrogen) atoms. The Kier molecular flexibility index (Phi) is 14.2. The molecule has 0 aliphatic heterocycles. The summed E-state index contributed by atoms with van der Waals surface area (Å²) in [5, 5.41) is 0. The van der Waals surface area contributed by atoms with E-state index in [2.05, 4.69) is 42.8 Å². The van der Waals surface area contributed by atoms with Gasteiger partial charge in [0.1, 0.15) is 5.75 Å². The molecule has 0 aliphatic rings. The van der Waals surface area contributed by atoms with Crippen molar-refractivity contribution in [1.82, 2.24) is 0 Å². The minimum atomic E-state index is -5.04. The average Bonchev–Trinajstić information content (AvgIpc) is 2.77. The Hall–Kier alpha value is -1.67. The molecule has 8 heteroatoms. The number of rotatable bonds is 18. The molecule has 1 aromatic carbocycles. The van der Waals surface area contributed by atoms with Gasteiger partial charge < -0.3 is 9.47 Å². The summed E-state index contributed by atoms with van der Waals surface area (Å²) < 4.78 is 52.7. The highest BCUT2D eigenvalue weighted by Gasteiger charge is 2.32. The van der Waals surface area contributed by atoms with E-state index in [1.807, 2.05) is 0 Å². The van der Waals surface area contributed by atoms with E-state index in [-0.39, 0.29) is 6.61 Å². The van der Waals surface area contributed by atoms with Crippen molar-refractivity contribution in [3.63, 3.8) is 0 Å². The number of hydrogen-bond donors (Lipinski definition) is 1. The van der Waals surface area contributed by atoms with Crippen LogP contribution in [-0.4, -0.2) is 37.7 Å². The second-order valence-electron chi connectivity index (χ2n) is 8.26. The van der Waals surface area contributed by atoms with E-state index in [0.29, 0.717) is 12.3 Å². The highest BCUT2D eigenvalue weighted by Crippen LogP contribution is 2.21. The lowest BCUT2D eigenvalue weighted by Gasteiger charge is -2.10. The van der Waals surface area contributed by atoms with E-state index < -0.39 is 21.6 Å². The van der Waals surface area contributed by atoms with E-state index in [1.54, 1.807) is 0 Å². The Labute approximate surface area is 192 Å². The van der Waals surface area contributed by atoms with Crippen molar-refractivity contribution < 1.29 is 31.6 Å². The van der Waals surface area contributed by atoms with Gasteiger partial charge in [0.05, 0.1) is 13.2 Å². The number of unbranched alkanes of at least 4 members (excludes halogenated alkanes) is 9. The minimum Gasteiger partial charge on any atom is -0.494 e. The first-order valence-corrected chi connectivity index (χ1v) is 13.3. The third kappa shape index (κ3) is 12.4. The van der Waals surface area contributed by atoms with Crippen LogP contribution in [0.5, 0.6) is 5.75 Å². The number of esters is 1. The van der Waals surface area contributed by atoms with E-state index >= 15 is 0 Å². The van der Waals surface area contributed by atoms with Crippen molar-refractivity contribution in [2.45, 2.75) is 95.9 Å². The van der Waals surface area contributed by atoms with Gasteiger partial charge in [-0.15, -0.1) is 0 Å². The van der Waals surface area contributed by atoms with E-state index in [1.165, 1.54) is 24.8 Å². The molecule has 2 unspecified atom stereocenters. The van der Waals surface area contributed by atoms with Crippen molar-refractivity contribution in [2.75, 3.05) is 13.2 Å².